The van der Waals surface area contributed by atoms with E-state index in [4.69, 9.17) is 4.74 Å². The Morgan fingerprint density at radius 2 is 1.95 bits per heavy atom. The molecule has 0 aromatic heterocycles. The van der Waals surface area contributed by atoms with Crippen LogP contribution in [0.15, 0.2) is 27.1 Å². The Morgan fingerprint density at radius 3 is 2.55 bits per heavy atom. The van der Waals surface area contributed by atoms with Crippen molar-refractivity contribution in [3.63, 3.8) is 0 Å². The summed E-state index contributed by atoms with van der Waals surface area (Å²) in [5.41, 5.74) is 0.928. The summed E-state index contributed by atoms with van der Waals surface area (Å²) in [5.74, 6) is -0.232. The van der Waals surface area contributed by atoms with Crippen LogP contribution >= 0.6 is 31.9 Å². The van der Waals surface area contributed by atoms with Crippen molar-refractivity contribution >= 4 is 37.8 Å². The quantitative estimate of drug-likeness (QED) is 0.758. The van der Waals surface area contributed by atoms with Gasteiger partial charge < -0.3 is 4.74 Å². The van der Waals surface area contributed by atoms with Crippen LogP contribution in [0.4, 0.5) is 0 Å². The fourth-order valence-corrected chi connectivity index (χ4v) is 3.26. The number of methoxy groups -OCH3 is 1. The lowest BCUT2D eigenvalue weighted by Gasteiger charge is -2.27. The average Bonchev–Trinajstić information content (AvgIpc) is 2.48. The summed E-state index contributed by atoms with van der Waals surface area (Å²) in [6, 6.07) is 5.86. The van der Waals surface area contributed by atoms with Gasteiger partial charge in [-0.25, -0.2) is 4.79 Å². The second-order valence-electron chi connectivity index (χ2n) is 5.13. The first kappa shape index (κ1) is 16.0. The number of carbonyl (C=O) groups excluding carboxylic acids is 1. The molecule has 2 rings (SSSR count). The van der Waals surface area contributed by atoms with Gasteiger partial charge in [0, 0.05) is 15.0 Å². The molecule has 20 heavy (non-hydrogen) atoms. The van der Waals surface area contributed by atoms with E-state index in [0.29, 0.717) is 6.04 Å². The molecule has 0 bridgehead atoms. The van der Waals surface area contributed by atoms with E-state index in [9.17, 15) is 4.79 Å². The summed E-state index contributed by atoms with van der Waals surface area (Å²) >= 11 is 6.93. The molecule has 1 fully saturated rings. The third-order valence-electron chi connectivity index (χ3n) is 3.72. The molecule has 1 aromatic carbocycles. The standard InChI is InChI=1S/C15H19Br2NO2/c1-20-15(19)14(18-11-5-3-2-4-6-11)10-7-8-12(16)13(17)9-10/h7-9,11,14,18H,2-6H2,1H3. The topological polar surface area (TPSA) is 38.3 Å². The molecule has 0 aliphatic heterocycles. The first-order chi connectivity index (χ1) is 9.61. The van der Waals surface area contributed by atoms with Gasteiger partial charge in [0.2, 0.25) is 0 Å². The summed E-state index contributed by atoms with van der Waals surface area (Å²) in [5, 5.41) is 3.46. The lowest BCUT2D eigenvalue weighted by atomic mass is 9.94. The van der Waals surface area contributed by atoms with E-state index >= 15 is 0 Å². The molecule has 0 saturated heterocycles. The molecule has 1 aromatic rings. The van der Waals surface area contributed by atoms with Gasteiger partial charge in [-0.1, -0.05) is 25.3 Å². The minimum absolute atomic E-state index is 0.232. The maximum absolute atomic E-state index is 12.1. The molecule has 1 N–H and O–H groups in total. The number of esters is 1. The SMILES string of the molecule is COC(=O)C(NC1CCCCC1)c1ccc(Br)c(Br)c1. The van der Waals surface area contributed by atoms with E-state index in [1.807, 2.05) is 18.2 Å². The molecule has 0 radical (unpaired) electrons. The number of ether oxygens (including phenoxy) is 1. The van der Waals surface area contributed by atoms with Crippen LogP contribution in [0.5, 0.6) is 0 Å². The Kier molecular flexibility index (Phi) is 6.05. The van der Waals surface area contributed by atoms with Gasteiger partial charge in [-0.3, -0.25) is 5.32 Å². The van der Waals surface area contributed by atoms with Gasteiger partial charge in [0.1, 0.15) is 6.04 Å². The van der Waals surface area contributed by atoms with Crippen LogP contribution in [0.3, 0.4) is 0 Å². The van der Waals surface area contributed by atoms with E-state index in [1.54, 1.807) is 0 Å². The zero-order chi connectivity index (χ0) is 14.5. The van der Waals surface area contributed by atoms with Crippen molar-refractivity contribution in [2.75, 3.05) is 7.11 Å². The van der Waals surface area contributed by atoms with Crippen LogP contribution in [0.1, 0.15) is 43.7 Å². The van der Waals surface area contributed by atoms with Gasteiger partial charge in [0.15, 0.2) is 0 Å². The van der Waals surface area contributed by atoms with Gasteiger partial charge in [-0.05, 0) is 62.4 Å². The highest BCUT2D eigenvalue weighted by molar-refractivity contribution is 9.13. The van der Waals surface area contributed by atoms with Gasteiger partial charge >= 0.3 is 5.97 Å². The third-order valence-corrected chi connectivity index (χ3v) is 5.60. The maximum atomic E-state index is 12.1. The molecule has 3 nitrogen and oxygen atoms in total. The molecule has 110 valence electrons. The van der Waals surface area contributed by atoms with E-state index < -0.39 is 6.04 Å². The van der Waals surface area contributed by atoms with Crippen molar-refractivity contribution in [1.82, 2.24) is 5.32 Å². The second-order valence-corrected chi connectivity index (χ2v) is 6.84. The highest BCUT2D eigenvalue weighted by Crippen LogP contribution is 2.28. The van der Waals surface area contributed by atoms with Gasteiger partial charge in [0.25, 0.3) is 0 Å². The number of hydrogen-bond donors (Lipinski definition) is 1. The van der Waals surface area contributed by atoms with Crippen molar-refractivity contribution in [3.05, 3.63) is 32.7 Å². The highest BCUT2D eigenvalue weighted by atomic mass is 79.9. The summed E-state index contributed by atoms with van der Waals surface area (Å²) in [7, 11) is 1.44. The molecule has 1 atom stereocenters. The van der Waals surface area contributed by atoms with Gasteiger partial charge in [-0.2, -0.15) is 0 Å². The zero-order valence-electron chi connectivity index (χ0n) is 11.5. The highest BCUT2D eigenvalue weighted by Gasteiger charge is 2.26. The zero-order valence-corrected chi connectivity index (χ0v) is 14.7. The Balaban J connectivity index is 2.17. The van der Waals surface area contributed by atoms with Gasteiger partial charge in [0.05, 0.1) is 7.11 Å². The Bertz CT molecular complexity index is 473. The molecule has 1 saturated carbocycles. The van der Waals surface area contributed by atoms with Gasteiger partial charge in [-0.15, -0.1) is 0 Å². The minimum atomic E-state index is -0.396. The van der Waals surface area contributed by atoms with Crippen LogP contribution in [0, 0.1) is 0 Å². The summed E-state index contributed by atoms with van der Waals surface area (Å²) in [6.07, 6.45) is 6.02. The number of hydrogen-bond acceptors (Lipinski definition) is 3. The van der Waals surface area contributed by atoms with Crippen LogP contribution in [0.2, 0.25) is 0 Å². The number of nitrogens with one attached hydrogen (secondary N) is 1. The Morgan fingerprint density at radius 1 is 1.25 bits per heavy atom. The number of halogens is 2. The first-order valence-corrected chi connectivity index (χ1v) is 8.49. The first-order valence-electron chi connectivity index (χ1n) is 6.90. The minimum Gasteiger partial charge on any atom is -0.468 e. The van der Waals surface area contributed by atoms with Crippen molar-refractivity contribution in [1.29, 1.82) is 0 Å². The molecule has 5 heteroatoms. The van der Waals surface area contributed by atoms with Crippen molar-refractivity contribution in [2.24, 2.45) is 0 Å². The molecular weight excluding hydrogens is 386 g/mol. The lowest BCUT2D eigenvalue weighted by Crippen LogP contribution is -2.38. The maximum Gasteiger partial charge on any atom is 0.327 e. The van der Waals surface area contributed by atoms with Crippen LogP contribution in [-0.4, -0.2) is 19.1 Å². The Hall–Kier alpha value is -0.390. The predicted octanol–water partition coefficient (Wildman–Crippen LogP) is 4.35. The van der Waals surface area contributed by atoms with Crippen LogP contribution < -0.4 is 5.32 Å². The summed E-state index contributed by atoms with van der Waals surface area (Å²) < 4.78 is 6.86. The predicted molar refractivity (Wildman–Crippen MR) is 86.6 cm³/mol. The normalized spacial score (nSPS) is 17.8. The largest absolute Gasteiger partial charge is 0.468 e. The second kappa shape index (κ2) is 7.57. The smallest absolute Gasteiger partial charge is 0.327 e. The number of rotatable bonds is 4. The molecule has 1 aliphatic carbocycles. The molecule has 0 heterocycles. The fourth-order valence-electron chi connectivity index (χ4n) is 2.62. The monoisotopic (exact) mass is 403 g/mol. The fraction of sp³-hybridized carbons (Fsp3) is 0.533. The van der Waals surface area contributed by atoms with Crippen molar-refractivity contribution < 1.29 is 9.53 Å². The Labute approximate surface area is 136 Å². The number of carbonyl (C=O) groups is 1. The van der Waals surface area contributed by atoms with E-state index in [0.717, 1.165) is 27.4 Å². The third kappa shape index (κ3) is 4.06. The molecule has 0 amide bonds. The van der Waals surface area contributed by atoms with Crippen LogP contribution in [-0.2, 0) is 9.53 Å². The summed E-state index contributed by atoms with van der Waals surface area (Å²) in [4.78, 5) is 12.1. The van der Waals surface area contributed by atoms with E-state index in [1.165, 1.54) is 26.4 Å². The number of benzene rings is 1. The van der Waals surface area contributed by atoms with Crippen molar-refractivity contribution in [2.45, 2.75) is 44.2 Å². The van der Waals surface area contributed by atoms with Crippen LogP contribution in [0.25, 0.3) is 0 Å². The molecule has 1 aliphatic rings. The lowest BCUT2D eigenvalue weighted by molar-refractivity contribution is -0.143. The molecule has 1 unspecified atom stereocenters. The van der Waals surface area contributed by atoms with E-state index in [-0.39, 0.29) is 5.97 Å². The molecule has 0 spiro atoms. The van der Waals surface area contributed by atoms with E-state index in [2.05, 4.69) is 37.2 Å². The van der Waals surface area contributed by atoms with Crippen molar-refractivity contribution in [3.8, 4) is 0 Å². The summed E-state index contributed by atoms with van der Waals surface area (Å²) in [6.45, 7) is 0. The average molecular weight is 405 g/mol. The molecular formula is C15H19Br2NO2.